The highest BCUT2D eigenvalue weighted by Gasteiger charge is 2.09. The molecule has 0 fully saturated rings. The first-order valence-corrected chi connectivity index (χ1v) is 5.88. The summed E-state index contributed by atoms with van der Waals surface area (Å²) in [4.78, 5) is 27.2. The molecule has 0 bridgehead atoms. The Hall–Kier alpha value is -3.00. The van der Waals surface area contributed by atoms with Gasteiger partial charge in [0.15, 0.2) is 5.78 Å². The third-order valence-electron chi connectivity index (χ3n) is 2.65. The van der Waals surface area contributed by atoms with Crippen molar-refractivity contribution in [2.24, 2.45) is 0 Å². The Morgan fingerprint density at radius 1 is 1.25 bits per heavy atom. The van der Waals surface area contributed by atoms with E-state index >= 15 is 0 Å². The number of amides is 1. The molecule has 0 aliphatic rings. The van der Waals surface area contributed by atoms with Crippen molar-refractivity contribution in [3.8, 4) is 6.07 Å². The molecular weight excluding hydrogens is 254 g/mol. The van der Waals surface area contributed by atoms with Gasteiger partial charge < -0.3 is 5.32 Å². The zero-order chi connectivity index (χ0) is 14.5. The Balaban J connectivity index is 2.21. The van der Waals surface area contributed by atoms with Crippen molar-refractivity contribution in [2.45, 2.75) is 6.92 Å². The summed E-state index contributed by atoms with van der Waals surface area (Å²) in [6, 6.07) is 11.5. The first kappa shape index (κ1) is 13.4. The summed E-state index contributed by atoms with van der Waals surface area (Å²) in [5.41, 5.74) is 1.54. The van der Waals surface area contributed by atoms with Crippen molar-refractivity contribution in [1.29, 1.82) is 5.26 Å². The normalized spacial score (nSPS) is 9.60. The van der Waals surface area contributed by atoms with Crippen molar-refractivity contribution in [3.05, 3.63) is 59.4 Å². The van der Waals surface area contributed by atoms with Crippen LogP contribution in [0.3, 0.4) is 0 Å². The average Bonchev–Trinajstić information content (AvgIpc) is 2.47. The van der Waals surface area contributed by atoms with Crippen LogP contribution < -0.4 is 5.32 Å². The molecule has 0 aliphatic heterocycles. The summed E-state index contributed by atoms with van der Waals surface area (Å²) in [7, 11) is 0. The molecule has 0 saturated heterocycles. The second kappa shape index (κ2) is 5.76. The first-order valence-electron chi connectivity index (χ1n) is 5.88. The molecule has 20 heavy (non-hydrogen) atoms. The lowest BCUT2D eigenvalue weighted by atomic mass is 10.1. The van der Waals surface area contributed by atoms with Gasteiger partial charge in [-0.25, -0.2) is 0 Å². The van der Waals surface area contributed by atoms with Crippen LogP contribution in [0.1, 0.15) is 33.3 Å². The van der Waals surface area contributed by atoms with E-state index in [-0.39, 0.29) is 11.5 Å². The summed E-state index contributed by atoms with van der Waals surface area (Å²) < 4.78 is 0. The molecule has 0 unspecified atom stereocenters. The number of ketones is 1. The van der Waals surface area contributed by atoms with Crippen molar-refractivity contribution in [3.63, 3.8) is 0 Å². The molecule has 2 rings (SSSR count). The van der Waals surface area contributed by atoms with Gasteiger partial charge in [-0.1, -0.05) is 12.1 Å². The number of Topliss-reactive ketones (excluding diaryl/α,β-unsaturated/α-hetero) is 1. The molecule has 5 nitrogen and oxygen atoms in total. The zero-order valence-corrected chi connectivity index (χ0v) is 10.8. The summed E-state index contributed by atoms with van der Waals surface area (Å²) >= 11 is 0. The zero-order valence-electron chi connectivity index (χ0n) is 10.8. The van der Waals surface area contributed by atoms with Crippen LogP contribution >= 0.6 is 0 Å². The van der Waals surface area contributed by atoms with Gasteiger partial charge in [0.1, 0.15) is 5.69 Å². The smallest absolute Gasteiger partial charge is 0.274 e. The largest absolute Gasteiger partial charge is 0.321 e. The molecule has 0 saturated carbocycles. The molecule has 1 N–H and O–H groups in total. The molecule has 1 aromatic carbocycles. The number of benzene rings is 1. The van der Waals surface area contributed by atoms with E-state index in [1.807, 2.05) is 6.07 Å². The number of anilines is 1. The third kappa shape index (κ3) is 3.06. The monoisotopic (exact) mass is 265 g/mol. The first-order chi connectivity index (χ1) is 9.60. The van der Waals surface area contributed by atoms with E-state index in [4.69, 9.17) is 5.26 Å². The molecule has 1 aromatic heterocycles. The van der Waals surface area contributed by atoms with Gasteiger partial charge in [-0.3, -0.25) is 14.6 Å². The molecular formula is C15H11N3O2. The minimum atomic E-state index is -0.428. The van der Waals surface area contributed by atoms with Crippen LogP contribution in [0.15, 0.2) is 42.6 Å². The molecule has 0 atom stereocenters. The number of carbonyl (C=O) groups excluding carboxylic acids is 2. The maximum atomic E-state index is 12.0. The average molecular weight is 265 g/mol. The van der Waals surface area contributed by atoms with E-state index in [0.29, 0.717) is 16.8 Å². The van der Waals surface area contributed by atoms with E-state index in [2.05, 4.69) is 10.3 Å². The van der Waals surface area contributed by atoms with Crippen molar-refractivity contribution >= 4 is 17.4 Å². The van der Waals surface area contributed by atoms with Gasteiger partial charge in [0.2, 0.25) is 0 Å². The number of rotatable bonds is 3. The number of carbonyl (C=O) groups is 2. The van der Waals surface area contributed by atoms with Crippen LogP contribution in [0.5, 0.6) is 0 Å². The highest BCUT2D eigenvalue weighted by Crippen LogP contribution is 2.12. The van der Waals surface area contributed by atoms with Crippen molar-refractivity contribution in [1.82, 2.24) is 4.98 Å². The fourth-order valence-corrected chi connectivity index (χ4v) is 1.64. The molecule has 0 radical (unpaired) electrons. The Morgan fingerprint density at radius 2 is 2.05 bits per heavy atom. The standard InChI is InChI=1S/C15H11N3O2/c1-10(19)12-3-2-4-13(8-12)18-15(20)14-7-11(9-16)5-6-17-14/h2-8H,1H3,(H,18,20). The quantitative estimate of drug-likeness (QED) is 0.864. The van der Waals surface area contributed by atoms with Crippen LogP contribution in [-0.4, -0.2) is 16.7 Å². The Morgan fingerprint density at radius 3 is 2.75 bits per heavy atom. The second-order valence-corrected chi connectivity index (χ2v) is 4.13. The molecule has 2 aromatic rings. The molecule has 0 spiro atoms. The minimum Gasteiger partial charge on any atom is -0.321 e. The second-order valence-electron chi connectivity index (χ2n) is 4.13. The lowest BCUT2D eigenvalue weighted by Gasteiger charge is -2.06. The maximum absolute atomic E-state index is 12.0. The van der Waals surface area contributed by atoms with Crippen LogP contribution in [0.4, 0.5) is 5.69 Å². The Bertz CT molecular complexity index is 717. The minimum absolute atomic E-state index is 0.0781. The number of pyridine rings is 1. The number of hydrogen-bond acceptors (Lipinski definition) is 4. The van der Waals surface area contributed by atoms with Gasteiger partial charge in [0.25, 0.3) is 5.91 Å². The number of hydrogen-bond donors (Lipinski definition) is 1. The topological polar surface area (TPSA) is 82.9 Å². The van der Waals surface area contributed by atoms with Crippen LogP contribution in [0, 0.1) is 11.3 Å². The van der Waals surface area contributed by atoms with Gasteiger partial charge in [-0.15, -0.1) is 0 Å². The summed E-state index contributed by atoms with van der Waals surface area (Å²) in [6.07, 6.45) is 1.40. The van der Waals surface area contributed by atoms with E-state index in [9.17, 15) is 9.59 Å². The molecule has 0 aliphatic carbocycles. The van der Waals surface area contributed by atoms with Gasteiger partial charge in [-0.2, -0.15) is 5.26 Å². The lowest BCUT2D eigenvalue weighted by molar-refractivity contribution is 0.100. The van der Waals surface area contributed by atoms with Gasteiger partial charge >= 0.3 is 0 Å². The number of nitrogens with one attached hydrogen (secondary N) is 1. The van der Waals surface area contributed by atoms with Gasteiger partial charge in [0.05, 0.1) is 11.6 Å². The number of nitrogens with zero attached hydrogens (tertiary/aromatic N) is 2. The Kier molecular flexibility index (Phi) is 3.87. The molecule has 5 heteroatoms. The highest BCUT2D eigenvalue weighted by molar-refractivity contribution is 6.04. The van der Waals surface area contributed by atoms with Gasteiger partial charge in [0, 0.05) is 17.4 Å². The molecule has 98 valence electrons. The fraction of sp³-hybridized carbons (Fsp3) is 0.0667. The van der Waals surface area contributed by atoms with Crippen LogP contribution in [0.25, 0.3) is 0 Å². The van der Waals surface area contributed by atoms with Crippen LogP contribution in [-0.2, 0) is 0 Å². The predicted octanol–water partition coefficient (Wildman–Crippen LogP) is 2.41. The summed E-state index contributed by atoms with van der Waals surface area (Å²) in [5, 5.41) is 11.4. The summed E-state index contributed by atoms with van der Waals surface area (Å²) in [6.45, 7) is 1.46. The summed E-state index contributed by atoms with van der Waals surface area (Å²) in [5.74, 6) is -0.506. The number of nitriles is 1. The third-order valence-corrected chi connectivity index (χ3v) is 2.65. The van der Waals surface area contributed by atoms with Crippen LogP contribution in [0.2, 0.25) is 0 Å². The van der Waals surface area contributed by atoms with E-state index < -0.39 is 5.91 Å². The maximum Gasteiger partial charge on any atom is 0.274 e. The van der Waals surface area contributed by atoms with Crippen molar-refractivity contribution < 1.29 is 9.59 Å². The lowest BCUT2D eigenvalue weighted by Crippen LogP contribution is -2.14. The molecule has 1 amide bonds. The highest BCUT2D eigenvalue weighted by atomic mass is 16.2. The fourth-order valence-electron chi connectivity index (χ4n) is 1.64. The van der Waals surface area contributed by atoms with Crippen molar-refractivity contribution in [2.75, 3.05) is 5.32 Å². The number of aromatic nitrogens is 1. The van der Waals surface area contributed by atoms with E-state index in [1.165, 1.54) is 25.3 Å². The SMILES string of the molecule is CC(=O)c1cccc(NC(=O)c2cc(C#N)ccn2)c1. The molecule has 1 heterocycles. The van der Waals surface area contributed by atoms with E-state index in [0.717, 1.165) is 0 Å². The van der Waals surface area contributed by atoms with E-state index in [1.54, 1.807) is 24.3 Å². The van der Waals surface area contributed by atoms with Gasteiger partial charge in [-0.05, 0) is 31.2 Å². The Labute approximate surface area is 115 Å². The predicted molar refractivity (Wildman–Crippen MR) is 73.4 cm³/mol.